The minimum absolute atomic E-state index is 0.279. The third-order valence-corrected chi connectivity index (χ3v) is 4.52. The van der Waals surface area contributed by atoms with Crippen molar-refractivity contribution in [1.29, 1.82) is 0 Å². The van der Waals surface area contributed by atoms with E-state index in [0.717, 1.165) is 18.2 Å². The van der Waals surface area contributed by atoms with Crippen molar-refractivity contribution in [3.8, 4) is 0 Å². The summed E-state index contributed by atoms with van der Waals surface area (Å²) in [5, 5.41) is 4.94. The molecule has 0 aromatic heterocycles. The Morgan fingerprint density at radius 1 is 1.22 bits per heavy atom. The van der Waals surface area contributed by atoms with Crippen molar-refractivity contribution in [2.24, 2.45) is 0 Å². The van der Waals surface area contributed by atoms with Gasteiger partial charge in [-0.15, -0.1) is 0 Å². The number of rotatable bonds is 4. The van der Waals surface area contributed by atoms with Gasteiger partial charge in [0.1, 0.15) is 23.7 Å². The van der Waals surface area contributed by atoms with Crippen LogP contribution in [0.5, 0.6) is 0 Å². The number of amides is 4. The topological polar surface area (TPSA) is 78.5 Å². The highest BCUT2D eigenvalue weighted by Gasteiger charge is 2.50. The van der Waals surface area contributed by atoms with E-state index in [0.29, 0.717) is 10.5 Å². The number of nitrogens with one attached hydrogen (secondary N) is 2. The standard InChI is InChI=1S/C18H14ClF2N3O3/c1-18(11-4-2-3-5-12(11)19)16(26)24(17(27)23-18)9-15(25)22-14-8-10(20)6-7-13(14)21/h2-8H,9H2,1H3,(H,22,25)(H,23,27). The minimum atomic E-state index is -1.44. The second-order valence-corrected chi connectivity index (χ2v) is 6.51. The lowest BCUT2D eigenvalue weighted by Crippen LogP contribution is -2.42. The highest BCUT2D eigenvalue weighted by Crippen LogP contribution is 2.33. The van der Waals surface area contributed by atoms with E-state index in [1.54, 1.807) is 24.3 Å². The van der Waals surface area contributed by atoms with Crippen LogP contribution in [-0.4, -0.2) is 29.3 Å². The van der Waals surface area contributed by atoms with Crippen molar-refractivity contribution >= 4 is 35.1 Å². The summed E-state index contributed by atoms with van der Waals surface area (Å²) < 4.78 is 26.8. The molecule has 27 heavy (non-hydrogen) atoms. The molecule has 1 saturated heterocycles. The molecule has 3 rings (SSSR count). The molecule has 2 aromatic carbocycles. The van der Waals surface area contributed by atoms with Gasteiger partial charge in [-0.2, -0.15) is 0 Å². The average Bonchev–Trinajstić information content (AvgIpc) is 2.82. The highest BCUT2D eigenvalue weighted by molar-refractivity contribution is 6.32. The summed E-state index contributed by atoms with van der Waals surface area (Å²) in [7, 11) is 0. The van der Waals surface area contributed by atoms with E-state index in [9.17, 15) is 23.2 Å². The number of hydrogen-bond acceptors (Lipinski definition) is 3. The van der Waals surface area contributed by atoms with Crippen LogP contribution in [0.4, 0.5) is 19.3 Å². The lowest BCUT2D eigenvalue weighted by Gasteiger charge is -2.23. The van der Waals surface area contributed by atoms with Crippen LogP contribution in [-0.2, 0) is 15.1 Å². The summed E-state index contributed by atoms with van der Waals surface area (Å²) in [6.07, 6.45) is 0. The highest BCUT2D eigenvalue weighted by atomic mass is 35.5. The van der Waals surface area contributed by atoms with Gasteiger partial charge >= 0.3 is 6.03 Å². The van der Waals surface area contributed by atoms with Crippen LogP contribution in [0.3, 0.4) is 0 Å². The number of urea groups is 1. The number of halogens is 3. The molecule has 2 aromatic rings. The molecular formula is C18H14ClF2N3O3. The van der Waals surface area contributed by atoms with Crippen molar-refractivity contribution < 1.29 is 23.2 Å². The third kappa shape index (κ3) is 3.48. The molecule has 6 nitrogen and oxygen atoms in total. The summed E-state index contributed by atoms with van der Waals surface area (Å²) in [5.41, 5.74) is -1.45. The third-order valence-electron chi connectivity index (χ3n) is 4.19. The molecule has 0 bridgehead atoms. The van der Waals surface area contributed by atoms with Gasteiger partial charge in [-0.3, -0.25) is 14.5 Å². The van der Waals surface area contributed by atoms with Gasteiger partial charge in [0.05, 0.1) is 5.69 Å². The Labute approximate surface area is 158 Å². The number of hydrogen-bond donors (Lipinski definition) is 2. The maximum atomic E-state index is 13.6. The molecule has 0 spiro atoms. The quantitative estimate of drug-likeness (QED) is 0.784. The van der Waals surface area contributed by atoms with Gasteiger partial charge in [0.25, 0.3) is 5.91 Å². The van der Waals surface area contributed by atoms with Crippen molar-refractivity contribution in [1.82, 2.24) is 10.2 Å². The van der Waals surface area contributed by atoms with Crippen LogP contribution >= 0.6 is 11.6 Å². The van der Waals surface area contributed by atoms with Crippen LogP contribution in [0.15, 0.2) is 42.5 Å². The van der Waals surface area contributed by atoms with Crippen molar-refractivity contribution in [3.63, 3.8) is 0 Å². The van der Waals surface area contributed by atoms with Gasteiger partial charge in [-0.05, 0) is 25.1 Å². The molecule has 0 aliphatic carbocycles. The first kappa shape index (κ1) is 18.8. The molecule has 1 fully saturated rings. The lowest BCUT2D eigenvalue weighted by molar-refractivity contribution is -0.133. The molecule has 1 heterocycles. The monoisotopic (exact) mass is 393 g/mol. The van der Waals surface area contributed by atoms with Gasteiger partial charge in [-0.25, -0.2) is 13.6 Å². The molecule has 0 saturated carbocycles. The van der Waals surface area contributed by atoms with Gasteiger partial charge in [0.15, 0.2) is 0 Å². The van der Waals surface area contributed by atoms with Crippen molar-refractivity contribution in [2.75, 3.05) is 11.9 Å². The fourth-order valence-electron chi connectivity index (χ4n) is 2.82. The molecular weight excluding hydrogens is 380 g/mol. The maximum absolute atomic E-state index is 13.6. The fraction of sp³-hybridized carbons (Fsp3) is 0.167. The summed E-state index contributed by atoms with van der Waals surface area (Å²) in [5.74, 6) is -3.13. The Morgan fingerprint density at radius 3 is 2.63 bits per heavy atom. The Kier molecular flexibility index (Phi) is 4.84. The molecule has 1 unspecified atom stereocenters. The van der Waals surface area contributed by atoms with E-state index in [1.165, 1.54) is 6.92 Å². The van der Waals surface area contributed by atoms with Crippen LogP contribution in [0.25, 0.3) is 0 Å². The van der Waals surface area contributed by atoms with Gasteiger partial charge in [-0.1, -0.05) is 29.8 Å². The Morgan fingerprint density at radius 2 is 1.93 bits per heavy atom. The zero-order valence-electron chi connectivity index (χ0n) is 14.1. The first-order valence-corrected chi connectivity index (χ1v) is 8.24. The van der Waals surface area contributed by atoms with Crippen LogP contribution < -0.4 is 10.6 Å². The summed E-state index contributed by atoms with van der Waals surface area (Å²) in [6, 6.07) is 8.26. The molecule has 9 heteroatoms. The summed E-state index contributed by atoms with van der Waals surface area (Å²) in [6.45, 7) is 0.805. The molecule has 1 aliphatic rings. The predicted molar refractivity (Wildman–Crippen MR) is 94.0 cm³/mol. The molecule has 1 atom stereocenters. The minimum Gasteiger partial charge on any atom is -0.322 e. The second kappa shape index (κ2) is 6.96. The predicted octanol–water partition coefficient (Wildman–Crippen LogP) is 3.02. The van der Waals surface area contributed by atoms with Crippen molar-refractivity contribution in [3.05, 3.63) is 64.7 Å². The Bertz CT molecular complexity index is 953. The van der Waals surface area contributed by atoms with Crippen LogP contribution in [0.2, 0.25) is 5.02 Å². The Balaban J connectivity index is 1.79. The number of carbonyl (C=O) groups excluding carboxylic acids is 3. The van der Waals surface area contributed by atoms with Crippen LogP contribution in [0.1, 0.15) is 12.5 Å². The van der Waals surface area contributed by atoms with E-state index in [1.807, 2.05) is 0 Å². The molecule has 0 radical (unpaired) electrons. The van der Waals surface area contributed by atoms with E-state index < -0.39 is 41.6 Å². The van der Waals surface area contributed by atoms with Gasteiger partial charge < -0.3 is 10.6 Å². The maximum Gasteiger partial charge on any atom is 0.325 e. The van der Waals surface area contributed by atoms with Crippen LogP contribution in [0, 0.1) is 11.6 Å². The number of anilines is 1. The van der Waals surface area contributed by atoms with E-state index >= 15 is 0 Å². The Hall–Kier alpha value is -3.00. The summed E-state index contributed by atoms with van der Waals surface area (Å²) >= 11 is 6.12. The average molecular weight is 394 g/mol. The number of nitrogens with zero attached hydrogens (tertiary/aromatic N) is 1. The molecule has 4 amide bonds. The fourth-order valence-corrected chi connectivity index (χ4v) is 3.14. The molecule has 1 aliphatic heterocycles. The zero-order valence-corrected chi connectivity index (χ0v) is 14.8. The number of imide groups is 1. The van der Waals surface area contributed by atoms with E-state index in [-0.39, 0.29) is 10.7 Å². The SMILES string of the molecule is CC1(c2ccccc2Cl)NC(=O)N(CC(=O)Nc2cc(F)ccc2F)C1=O. The first-order valence-electron chi connectivity index (χ1n) is 7.86. The zero-order chi connectivity index (χ0) is 19.8. The summed E-state index contributed by atoms with van der Waals surface area (Å²) in [4.78, 5) is 37.8. The van der Waals surface area contributed by atoms with Gasteiger partial charge in [0.2, 0.25) is 5.91 Å². The largest absolute Gasteiger partial charge is 0.325 e. The molecule has 140 valence electrons. The smallest absolute Gasteiger partial charge is 0.322 e. The second-order valence-electron chi connectivity index (χ2n) is 6.10. The van der Waals surface area contributed by atoms with E-state index in [4.69, 9.17) is 11.6 Å². The van der Waals surface area contributed by atoms with E-state index in [2.05, 4.69) is 10.6 Å². The normalized spacial score (nSPS) is 19.2. The first-order chi connectivity index (χ1) is 12.7. The number of carbonyl (C=O) groups is 3. The molecule has 2 N–H and O–H groups in total. The lowest BCUT2D eigenvalue weighted by atomic mass is 9.92. The van der Waals surface area contributed by atoms with Gasteiger partial charge in [0, 0.05) is 16.7 Å². The van der Waals surface area contributed by atoms with Crippen molar-refractivity contribution in [2.45, 2.75) is 12.5 Å². The number of benzene rings is 2.